The van der Waals surface area contributed by atoms with Crippen LogP contribution in [0.5, 0.6) is 5.75 Å². The first kappa shape index (κ1) is 14.5. The normalized spacial score (nSPS) is 12.0. The molecule has 1 amide bonds. The van der Waals surface area contributed by atoms with Gasteiger partial charge in [-0.1, -0.05) is 12.1 Å². The van der Waals surface area contributed by atoms with E-state index in [1.165, 1.54) is 0 Å². The van der Waals surface area contributed by atoms with Crippen LogP contribution in [0.15, 0.2) is 24.3 Å². The molecule has 0 spiro atoms. The van der Waals surface area contributed by atoms with Gasteiger partial charge in [-0.3, -0.25) is 4.79 Å². The molecule has 1 atom stereocenters. The second kappa shape index (κ2) is 7.01. The van der Waals surface area contributed by atoms with Gasteiger partial charge in [0.2, 0.25) is 5.91 Å². The number of rotatable bonds is 6. The maximum absolute atomic E-state index is 11.7. The number of hydrogen-bond acceptors (Lipinski definition) is 3. The Morgan fingerprint density at radius 3 is 2.83 bits per heavy atom. The molecular weight excluding hydrogens is 228 g/mol. The molecule has 4 heteroatoms. The highest BCUT2D eigenvalue weighted by molar-refractivity contribution is 5.77. The molecule has 1 aromatic rings. The summed E-state index contributed by atoms with van der Waals surface area (Å²) in [5.74, 6) is 0.936. The van der Waals surface area contributed by atoms with Crippen molar-refractivity contribution in [2.75, 3.05) is 27.2 Å². The quantitative estimate of drug-likeness (QED) is 0.837. The van der Waals surface area contributed by atoms with Crippen LogP contribution in [0.1, 0.15) is 25.5 Å². The highest BCUT2D eigenvalue weighted by Crippen LogP contribution is 2.18. The Kier molecular flexibility index (Phi) is 5.65. The average Bonchev–Trinajstić information content (AvgIpc) is 2.43. The van der Waals surface area contributed by atoms with E-state index < -0.39 is 0 Å². The number of likely N-dealkylation sites (N-methyl/N-ethyl adjacent to an activating group) is 1. The molecule has 1 rings (SSSR count). The molecule has 0 saturated heterocycles. The van der Waals surface area contributed by atoms with Crippen molar-refractivity contribution in [1.29, 1.82) is 0 Å². The molecule has 1 N–H and O–H groups in total. The number of methoxy groups -OCH3 is 1. The average molecular weight is 250 g/mol. The fourth-order valence-corrected chi connectivity index (χ4v) is 1.58. The summed E-state index contributed by atoms with van der Waals surface area (Å²) in [6.45, 7) is 5.08. The molecule has 0 radical (unpaired) electrons. The van der Waals surface area contributed by atoms with Crippen molar-refractivity contribution in [2.45, 2.75) is 19.9 Å². The van der Waals surface area contributed by atoms with Gasteiger partial charge in [0.1, 0.15) is 5.75 Å². The molecule has 0 aromatic heterocycles. The number of ether oxygens (including phenoxy) is 1. The smallest absolute Gasteiger partial charge is 0.236 e. The molecule has 100 valence electrons. The zero-order chi connectivity index (χ0) is 13.5. The predicted molar refractivity (Wildman–Crippen MR) is 72.7 cm³/mol. The number of carbonyl (C=O) groups is 1. The highest BCUT2D eigenvalue weighted by Gasteiger charge is 2.10. The number of nitrogens with one attached hydrogen (secondary N) is 1. The molecule has 0 unspecified atom stereocenters. The minimum Gasteiger partial charge on any atom is -0.497 e. The van der Waals surface area contributed by atoms with Crippen LogP contribution >= 0.6 is 0 Å². The van der Waals surface area contributed by atoms with Gasteiger partial charge in [0, 0.05) is 19.6 Å². The summed E-state index contributed by atoms with van der Waals surface area (Å²) in [7, 11) is 3.46. The second-order valence-electron chi connectivity index (χ2n) is 4.29. The van der Waals surface area contributed by atoms with E-state index in [0.29, 0.717) is 6.54 Å². The van der Waals surface area contributed by atoms with Crippen molar-refractivity contribution < 1.29 is 9.53 Å². The molecule has 1 aromatic carbocycles. The molecule has 18 heavy (non-hydrogen) atoms. The number of hydrogen-bond donors (Lipinski definition) is 1. The minimum atomic E-state index is 0.104. The highest BCUT2D eigenvalue weighted by atomic mass is 16.5. The van der Waals surface area contributed by atoms with Crippen LogP contribution in [-0.4, -0.2) is 38.1 Å². The van der Waals surface area contributed by atoms with Crippen LogP contribution in [0.2, 0.25) is 0 Å². The fourth-order valence-electron chi connectivity index (χ4n) is 1.58. The van der Waals surface area contributed by atoms with E-state index in [1.807, 2.05) is 38.1 Å². The monoisotopic (exact) mass is 250 g/mol. The first-order valence-electron chi connectivity index (χ1n) is 6.19. The number of nitrogens with zero attached hydrogens (tertiary/aromatic N) is 1. The van der Waals surface area contributed by atoms with Crippen molar-refractivity contribution in [2.24, 2.45) is 0 Å². The van der Waals surface area contributed by atoms with E-state index in [-0.39, 0.29) is 11.9 Å². The molecule has 0 aliphatic heterocycles. The van der Waals surface area contributed by atoms with E-state index in [9.17, 15) is 4.79 Å². The lowest BCUT2D eigenvalue weighted by atomic mass is 10.1. The van der Waals surface area contributed by atoms with Crippen LogP contribution in [-0.2, 0) is 4.79 Å². The van der Waals surface area contributed by atoms with Gasteiger partial charge >= 0.3 is 0 Å². The molecule has 0 aliphatic carbocycles. The Bertz CT molecular complexity index is 393. The Balaban J connectivity index is 2.54. The van der Waals surface area contributed by atoms with Crippen LogP contribution in [0.4, 0.5) is 0 Å². The zero-order valence-corrected chi connectivity index (χ0v) is 11.6. The maximum atomic E-state index is 11.7. The summed E-state index contributed by atoms with van der Waals surface area (Å²) >= 11 is 0. The summed E-state index contributed by atoms with van der Waals surface area (Å²) in [6.07, 6.45) is 0. The summed E-state index contributed by atoms with van der Waals surface area (Å²) in [4.78, 5) is 13.4. The third kappa shape index (κ3) is 4.04. The van der Waals surface area contributed by atoms with Gasteiger partial charge in [0.15, 0.2) is 0 Å². The second-order valence-corrected chi connectivity index (χ2v) is 4.29. The third-order valence-electron chi connectivity index (χ3n) is 3.05. The molecule has 0 fully saturated rings. The Hall–Kier alpha value is -1.55. The largest absolute Gasteiger partial charge is 0.497 e. The summed E-state index contributed by atoms with van der Waals surface area (Å²) < 4.78 is 5.18. The lowest BCUT2D eigenvalue weighted by molar-refractivity contribution is -0.128. The van der Waals surface area contributed by atoms with E-state index in [1.54, 1.807) is 19.1 Å². The number of amides is 1. The minimum absolute atomic E-state index is 0.104. The van der Waals surface area contributed by atoms with Gasteiger partial charge in [0.25, 0.3) is 0 Å². The lowest BCUT2D eigenvalue weighted by Crippen LogP contribution is -2.36. The predicted octanol–water partition coefficient (Wildman–Crippen LogP) is 1.82. The summed E-state index contributed by atoms with van der Waals surface area (Å²) in [6, 6.07) is 7.98. The topological polar surface area (TPSA) is 41.6 Å². The van der Waals surface area contributed by atoms with E-state index in [4.69, 9.17) is 4.74 Å². The maximum Gasteiger partial charge on any atom is 0.236 e. The molecule has 0 heterocycles. The van der Waals surface area contributed by atoms with Crippen molar-refractivity contribution in [3.05, 3.63) is 29.8 Å². The van der Waals surface area contributed by atoms with Crippen LogP contribution in [0, 0.1) is 0 Å². The van der Waals surface area contributed by atoms with Crippen LogP contribution in [0.3, 0.4) is 0 Å². The van der Waals surface area contributed by atoms with E-state index in [2.05, 4.69) is 5.32 Å². The van der Waals surface area contributed by atoms with Gasteiger partial charge in [0.05, 0.1) is 13.7 Å². The van der Waals surface area contributed by atoms with Crippen molar-refractivity contribution in [3.8, 4) is 5.75 Å². The van der Waals surface area contributed by atoms with Crippen molar-refractivity contribution >= 4 is 5.91 Å². The SMILES string of the molecule is CCN(C)C(=O)CN[C@H](C)c1cccc(OC)c1. The first-order chi connectivity index (χ1) is 8.58. The summed E-state index contributed by atoms with van der Waals surface area (Å²) in [5.41, 5.74) is 1.11. The van der Waals surface area contributed by atoms with Crippen molar-refractivity contribution in [3.63, 3.8) is 0 Å². The molecule has 0 saturated carbocycles. The van der Waals surface area contributed by atoms with Gasteiger partial charge in [-0.25, -0.2) is 0 Å². The molecule has 4 nitrogen and oxygen atoms in total. The Labute approximate surface area is 109 Å². The van der Waals surface area contributed by atoms with Crippen molar-refractivity contribution in [1.82, 2.24) is 10.2 Å². The van der Waals surface area contributed by atoms with E-state index >= 15 is 0 Å². The standard InChI is InChI=1S/C14H22N2O2/c1-5-16(3)14(17)10-15-11(2)12-7-6-8-13(9-12)18-4/h6-9,11,15H,5,10H2,1-4H3/t11-/m1/s1. The van der Waals surface area contributed by atoms with Gasteiger partial charge < -0.3 is 15.0 Å². The third-order valence-corrected chi connectivity index (χ3v) is 3.05. The van der Waals surface area contributed by atoms with Crippen LogP contribution in [0.25, 0.3) is 0 Å². The zero-order valence-electron chi connectivity index (χ0n) is 11.6. The van der Waals surface area contributed by atoms with Gasteiger partial charge in [-0.05, 0) is 31.5 Å². The first-order valence-corrected chi connectivity index (χ1v) is 6.19. The molecule has 0 bridgehead atoms. The van der Waals surface area contributed by atoms with E-state index in [0.717, 1.165) is 17.9 Å². The lowest BCUT2D eigenvalue weighted by Gasteiger charge is -2.18. The Morgan fingerprint density at radius 2 is 2.22 bits per heavy atom. The number of benzene rings is 1. The fraction of sp³-hybridized carbons (Fsp3) is 0.500. The Morgan fingerprint density at radius 1 is 1.50 bits per heavy atom. The van der Waals surface area contributed by atoms with Gasteiger partial charge in [-0.15, -0.1) is 0 Å². The van der Waals surface area contributed by atoms with Crippen LogP contribution < -0.4 is 10.1 Å². The van der Waals surface area contributed by atoms with Gasteiger partial charge in [-0.2, -0.15) is 0 Å². The molecule has 0 aliphatic rings. The number of carbonyl (C=O) groups excluding carboxylic acids is 1. The molecular formula is C14H22N2O2. The summed E-state index contributed by atoms with van der Waals surface area (Å²) in [5, 5.41) is 3.22.